The van der Waals surface area contributed by atoms with Gasteiger partial charge in [0.25, 0.3) is 5.91 Å². The van der Waals surface area contributed by atoms with E-state index in [1.54, 1.807) is 29.2 Å². The van der Waals surface area contributed by atoms with E-state index in [0.29, 0.717) is 36.9 Å². The van der Waals surface area contributed by atoms with Crippen molar-refractivity contribution >= 4 is 22.8 Å². The first kappa shape index (κ1) is 15.3. The van der Waals surface area contributed by atoms with Crippen LogP contribution in [0.5, 0.6) is 0 Å². The van der Waals surface area contributed by atoms with E-state index in [0.717, 1.165) is 13.0 Å². The Balaban J connectivity index is 1.59. The van der Waals surface area contributed by atoms with Gasteiger partial charge in [0.05, 0.1) is 0 Å². The summed E-state index contributed by atoms with van der Waals surface area (Å²) in [7, 11) is 0. The highest BCUT2D eigenvalue weighted by atomic mass is 16.4. The maximum atomic E-state index is 12.1. The quantitative estimate of drug-likeness (QED) is 0.670. The zero-order valence-electron chi connectivity index (χ0n) is 12.7. The van der Waals surface area contributed by atoms with Crippen molar-refractivity contribution in [3.05, 3.63) is 46.3 Å². The number of benzene rings is 1. The van der Waals surface area contributed by atoms with Crippen molar-refractivity contribution in [2.24, 2.45) is 0 Å². The number of amides is 2. The number of rotatable bonds is 5. The first-order valence-electron chi connectivity index (χ1n) is 7.74. The van der Waals surface area contributed by atoms with Crippen LogP contribution in [0.1, 0.15) is 29.6 Å². The van der Waals surface area contributed by atoms with Gasteiger partial charge in [0, 0.05) is 31.4 Å². The molecule has 2 aromatic rings. The van der Waals surface area contributed by atoms with Crippen molar-refractivity contribution in [1.82, 2.24) is 10.2 Å². The van der Waals surface area contributed by atoms with Gasteiger partial charge in [0.2, 0.25) is 5.91 Å². The summed E-state index contributed by atoms with van der Waals surface area (Å²) in [6.45, 7) is 1.83. The van der Waals surface area contributed by atoms with Crippen LogP contribution in [0.4, 0.5) is 0 Å². The molecule has 3 rings (SSSR count). The molecule has 0 radical (unpaired) electrons. The van der Waals surface area contributed by atoms with Crippen molar-refractivity contribution in [2.75, 3.05) is 19.6 Å². The molecule has 0 spiro atoms. The Morgan fingerprint density at radius 1 is 1.26 bits per heavy atom. The van der Waals surface area contributed by atoms with Crippen LogP contribution in [0.15, 0.2) is 39.5 Å². The van der Waals surface area contributed by atoms with Gasteiger partial charge in [-0.3, -0.25) is 9.59 Å². The Hall–Kier alpha value is -2.63. The Labute approximate surface area is 133 Å². The van der Waals surface area contributed by atoms with Crippen LogP contribution < -0.4 is 10.9 Å². The van der Waals surface area contributed by atoms with E-state index in [1.165, 1.54) is 0 Å². The van der Waals surface area contributed by atoms with Crippen molar-refractivity contribution in [1.29, 1.82) is 0 Å². The van der Waals surface area contributed by atoms with Gasteiger partial charge < -0.3 is 14.6 Å². The van der Waals surface area contributed by atoms with Crippen molar-refractivity contribution in [3.8, 4) is 0 Å². The maximum Gasteiger partial charge on any atom is 0.349 e. The molecule has 1 saturated heterocycles. The maximum absolute atomic E-state index is 12.1. The predicted octanol–water partition coefficient (Wildman–Crippen LogP) is 1.54. The minimum atomic E-state index is -0.643. The minimum Gasteiger partial charge on any atom is -0.422 e. The number of carbonyl (C=O) groups is 2. The first-order valence-corrected chi connectivity index (χ1v) is 7.74. The molecule has 1 aliphatic rings. The lowest BCUT2D eigenvalue weighted by atomic mass is 10.2. The summed E-state index contributed by atoms with van der Waals surface area (Å²) in [6.07, 6.45) is 2.18. The van der Waals surface area contributed by atoms with E-state index in [-0.39, 0.29) is 11.5 Å². The van der Waals surface area contributed by atoms with Crippen LogP contribution >= 0.6 is 0 Å². The molecule has 1 fully saturated rings. The molecule has 120 valence electrons. The molecule has 6 nitrogen and oxygen atoms in total. The Bertz CT molecular complexity index is 797. The molecular weight excluding hydrogens is 296 g/mol. The van der Waals surface area contributed by atoms with Crippen LogP contribution in [0.3, 0.4) is 0 Å². The van der Waals surface area contributed by atoms with Gasteiger partial charge in [0.15, 0.2) is 0 Å². The third-order valence-corrected chi connectivity index (χ3v) is 3.95. The third kappa shape index (κ3) is 3.41. The molecule has 0 atom stereocenters. The number of nitrogens with one attached hydrogen (secondary N) is 1. The number of para-hydroxylation sites is 1. The highest BCUT2D eigenvalue weighted by Crippen LogP contribution is 2.12. The molecule has 23 heavy (non-hydrogen) atoms. The SMILES string of the molecule is O=C(NCCCN1CCCC1=O)c1cc2ccccc2oc1=O. The van der Waals surface area contributed by atoms with Crippen molar-refractivity contribution < 1.29 is 14.0 Å². The lowest BCUT2D eigenvalue weighted by molar-refractivity contribution is -0.127. The molecule has 0 saturated carbocycles. The Kier molecular flexibility index (Phi) is 4.41. The molecule has 1 N–H and O–H groups in total. The summed E-state index contributed by atoms with van der Waals surface area (Å²) >= 11 is 0. The first-order chi connectivity index (χ1) is 11.1. The van der Waals surface area contributed by atoms with Crippen molar-refractivity contribution in [2.45, 2.75) is 19.3 Å². The highest BCUT2D eigenvalue weighted by molar-refractivity contribution is 5.96. The van der Waals surface area contributed by atoms with Gasteiger partial charge in [-0.25, -0.2) is 4.79 Å². The largest absolute Gasteiger partial charge is 0.422 e. The summed E-state index contributed by atoms with van der Waals surface area (Å²) in [4.78, 5) is 37.3. The Morgan fingerprint density at radius 3 is 2.87 bits per heavy atom. The van der Waals surface area contributed by atoms with Crippen LogP contribution in [0, 0.1) is 0 Å². The molecule has 1 aromatic heterocycles. The topological polar surface area (TPSA) is 79.6 Å². The van der Waals surface area contributed by atoms with Gasteiger partial charge >= 0.3 is 5.63 Å². The standard InChI is InChI=1S/C17H18N2O4/c20-15-7-3-9-19(15)10-4-8-18-16(21)13-11-12-5-1-2-6-14(12)23-17(13)22/h1-2,5-6,11H,3-4,7-10H2,(H,18,21). The minimum absolute atomic E-state index is 0.000879. The molecular formula is C17H18N2O4. The lowest BCUT2D eigenvalue weighted by Crippen LogP contribution is -2.32. The molecule has 0 bridgehead atoms. The summed E-state index contributed by atoms with van der Waals surface area (Å²) < 4.78 is 5.15. The Morgan fingerprint density at radius 2 is 2.09 bits per heavy atom. The average Bonchev–Trinajstić information content (AvgIpc) is 2.96. The monoisotopic (exact) mass is 314 g/mol. The molecule has 6 heteroatoms. The third-order valence-electron chi connectivity index (χ3n) is 3.95. The fourth-order valence-electron chi connectivity index (χ4n) is 2.73. The summed E-state index contributed by atoms with van der Waals surface area (Å²) in [5.41, 5.74) is -0.182. The van der Waals surface area contributed by atoms with E-state index in [9.17, 15) is 14.4 Å². The van der Waals surface area contributed by atoms with E-state index in [1.807, 2.05) is 6.07 Å². The van der Waals surface area contributed by atoms with E-state index in [2.05, 4.69) is 5.32 Å². The van der Waals surface area contributed by atoms with Gasteiger partial charge in [-0.1, -0.05) is 18.2 Å². The van der Waals surface area contributed by atoms with E-state index in [4.69, 9.17) is 4.42 Å². The van der Waals surface area contributed by atoms with E-state index >= 15 is 0 Å². The van der Waals surface area contributed by atoms with Crippen LogP contribution in [0.25, 0.3) is 11.0 Å². The van der Waals surface area contributed by atoms with E-state index < -0.39 is 11.5 Å². The molecule has 1 aromatic carbocycles. The second-order valence-corrected chi connectivity index (χ2v) is 5.58. The summed E-state index contributed by atoms with van der Waals surface area (Å²) in [5, 5.41) is 3.41. The van der Waals surface area contributed by atoms with Crippen LogP contribution in [-0.4, -0.2) is 36.3 Å². The zero-order chi connectivity index (χ0) is 16.2. The normalized spacial score (nSPS) is 14.4. The number of hydrogen-bond donors (Lipinski definition) is 1. The molecule has 0 aliphatic carbocycles. The number of likely N-dealkylation sites (tertiary alicyclic amines) is 1. The number of carbonyl (C=O) groups excluding carboxylic acids is 2. The number of fused-ring (bicyclic) bond motifs is 1. The van der Waals surface area contributed by atoms with Gasteiger partial charge in [-0.15, -0.1) is 0 Å². The summed E-state index contributed by atoms with van der Waals surface area (Å²) in [5.74, 6) is -0.274. The number of nitrogens with zero attached hydrogens (tertiary/aromatic N) is 1. The van der Waals surface area contributed by atoms with Crippen LogP contribution in [-0.2, 0) is 4.79 Å². The van der Waals surface area contributed by atoms with Gasteiger partial charge in [-0.05, 0) is 25.0 Å². The average molecular weight is 314 g/mol. The van der Waals surface area contributed by atoms with Crippen molar-refractivity contribution in [3.63, 3.8) is 0 Å². The van der Waals surface area contributed by atoms with Crippen LogP contribution in [0.2, 0.25) is 0 Å². The van der Waals surface area contributed by atoms with Gasteiger partial charge in [-0.2, -0.15) is 0 Å². The number of hydrogen-bond acceptors (Lipinski definition) is 4. The fraction of sp³-hybridized carbons (Fsp3) is 0.353. The molecule has 2 heterocycles. The highest BCUT2D eigenvalue weighted by Gasteiger charge is 2.19. The lowest BCUT2D eigenvalue weighted by Gasteiger charge is -2.15. The second-order valence-electron chi connectivity index (χ2n) is 5.58. The second kappa shape index (κ2) is 6.64. The smallest absolute Gasteiger partial charge is 0.349 e. The summed E-state index contributed by atoms with van der Waals surface area (Å²) in [6, 6.07) is 8.60. The fourth-order valence-corrected chi connectivity index (χ4v) is 2.73. The zero-order valence-corrected chi connectivity index (χ0v) is 12.7. The molecule has 2 amide bonds. The molecule has 0 unspecified atom stereocenters. The molecule has 1 aliphatic heterocycles. The van der Waals surface area contributed by atoms with Gasteiger partial charge in [0.1, 0.15) is 11.1 Å². The predicted molar refractivity (Wildman–Crippen MR) is 85.2 cm³/mol.